The van der Waals surface area contributed by atoms with Gasteiger partial charge >= 0.3 is 0 Å². The monoisotopic (exact) mass is 505 g/mol. The molecule has 1 aliphatic heterocycles. The van der Waals surface area contributed by atoms with Crippen LogP contribution in [-0.2, 0) is 6.54 Å². The van der Waals surface area contributed by atoms with E-state index in [9.17, 15) is 4.79 Å². The number of piperidine rings is 1. The molecule has 1 saturated heterocycles. The van der Waals surface area contributed by atoms with E-state index in [1.165, 1.54) is 0 Å². The van der Waals surface area contributed by atoms with Crippen molar-refractivity contribution in [1.82, 2.24) is 19.7 Å². The van der Waals surface area contributed by atoms with Crippen LogP contribution in [0.15, 0.2) is 35.1 Å². The Balaban J connectivity index is 1.16. The molecule has 3 N–H and O–H groups in total. The highest BCUT2D eigenvalue weighted by Crippen LogP contribution is 2.50. The van der Waals surface area contributed by atoms with Gasteiger partial charge in [-0.1, -0.05) is 11.6 Å². The van der Waals surface area contributed by atoms with Crippen molar-refractivity contribution in [2.45, 2.75) is 38.3 Å². The van der Waals surface area contributed by atoms with Gasteiger partial charge in [-0.15, -0.1) is 0 Å². The predicted molar refractivity (Wildman–Crippen MR) is 125 cm³/mol. The van der Waals surface area contributed by atoms with E-state index in [2.05, 4.69) is 31.3 Å². The maximum Gasteiger partial charge on any atom is 0.270 e. The summed E-state index contributed by atoms with van der Waals surface area (Å²) in [6, 6.07) is 6.04. The Labute approximate surface area is 193 Å². The zero-order valence-electron chi connectivity index (χ0n) is 17.1. The molecule has 1 amide bonds. The zero-order chi connectivity index (χ0) is 21.6. The van der Waals surface area contributed by atoms with Crippen molar-refractivity contribution in [3.05, 3.63) is 45.8 Å². The number of amides is 1. The minimum absolute atomic E-state index is 0.0550. The second kappa shape index (κ2) is 8.15. The Bertz CT molecular complexity index is 1110. The number of anilines is 1. The number of carbonyl (C=O) groups excluding carboxylic acids is 1. The van der Waals surface area contributed by atoms with E-state index in [1.54, 1.807) is 4.68 Å². The van der Waals surface area contributed by atoms with Crippen molar-refractivity contribution in [2.75, 3.05) is 25.0 Å². The van der Waals surface area contributed by atoms with Gasteiger partial charge < -0.3 is 20.3 Å². The summed E-state index contributed by atoms with van der Waals surface area (Å²) in [7, 11) is 0. The second-order valence-corrected chi connectivity index (χ2v) is 10.1. The molecule has 2 aliphatic rings. The first-order valence-corrected chi connectivity index (χ1v) is 11.8. The largest absolute Gasteiger partial charge is 0.394 e. The second-order valence-electron chi connectivity index (χ2n) is 8.79. The van der Waals surface area contributed by atoms with Gasteiger partial charge in [-0.25, -0.2) is 0 Å². The molecule has 1 spiro atoms. The number of likely N-dealkylation sites (tertiary alicyclic amines) is 1. The van der Waals surface area contributed by atoms with Crippen LogP contribution in [0.5, 0.6) is 0 Å². The van der Waals surface area contributed by atoms with Crippen LogP contribution in [0.3, 0.4) is 0 Å². The molecular weight excluding hydrogens is 482 g/mol. The van der Waals surface area contributed by atoms with Crippen molar-refractivity contribution < 1.29 is 9.90 Å². The molecule has 1 saturated carbocycles. The predicted octanol–water partition coefficient (Wildman–Crippen LogP) is 4.27. The van der Waals surface area contributed by atoms with Crippen molar-refractivity contribution in [2.24, 2.45) is 5.41 Å². The number of halogens is 2. The van der Waals surface area contributed by atoms with Crippen LogP contribution >= 0.6 is 27.5 Å². The van der Waals surface area contributed by atoms with Gasteiger partial charge in [0.25, 0.3) is 5.91 Å². The van der Waals surface area contributed by atoms with Crippen LogP contribution in [0, 0.1) is 5.41 Å². The van der Waals surface area contributed by atoms with Gasteiger partial charge in [-0.3, -0.25) is 9.48 Å². The van der Waals surface area contributed by atoms with E-state index >= 15 is 0 Å². The van der Waals surface area contributed by atoms with Gasteiger partial charge in [0.15, 0.2) is 0 Å². The Kier molecular flexibility index (Phi) is 5.48. The summed E-state index contributed by atoms with van der Waals surface area (Å²) in [6.45, 7) is 2.18. The third-order valence-electron chi connectivity index (χ3n) is 6.68. The molecule has 0 bridgehead atoms. The summed E-state index contributed by atoms with van der Waals surface area (Å²) >= 11 is 9.65. The lowest BCUT2D eigenvalue weighted by Crippen LogP contribution is -2.52. The van der Waals surface area contributed by atoms with Gasteiger partial charge in [-0.05, 0) is 65.2 Å². The number of aromatic nitrogens is 3. The highest BCUT2D eigenvalue weighted by molar-refractivity contribution is 9.10. The number of nitrogens with one attached hydrogen (secondary N) is 2. The fourth-order valence-corrected chi connectivity index (χ4v) is 5.96. The van der Waals surface area contributed by atoms with Gasteiger partial charge in [-0.2, -0.15) is 5.10 Å². The third-order valence-corrected chi connectivity index (χ3v) is 7.52. The maximum absolute atomic E-state index is 13.1. The Morgan fingerprint density at radius 1 is 1.32 bits per heavy atom. The first-order chi connectivity index (χ1) is 14.9. The van der Waals surface area contributed by atoms with Crippen LogP contribution in [0.4, 0.5) is 5.69 Å². The fourth-order valence-electron chi connectivity index (χ4n) is 5.03. The summed E-state index contributed by atoms with van der Waals surface area (Å²) in [5.41, 5.74) is 2.86. The first-order valence-electron chi connectivity index (χ1n) is 10.6. The molecule has 5 rings (SSSR count). The number of aliphatic hydroxyl groups excluding tert-OH is 1. The molecule has 2 fully saturated rings. The van der Waals surface area contributed by atoms with Gasteiger partial charge in [0.1, 0.15) is 5.69 Å². The number of aliphatic hydroxyl groups is 1. The third kappa shape index (κ3) is 4.08. The van der Waals surface area contributed by atoms with Gasteiger partial charge in [0, 0.05) is 40.2 Å². The van der Waals surface area contributed by atoms with Crippen LogP contribution in [0.25, 0.3) is 10.9 Å². The standard InChI is InChI=1S/C22H25BrClN5O2/c23-18-9-15(24)7-14-8-19(27-20(14)18)21(31)28-3-1-22(2-4-28)10-16(11-22)26-17-12-25-29(13-17)5-6-30/h7-9,12-13,16,26-27,30H,1-6,10-11H2. The lowest BCUT2D eigenvalue weighted by molar-refractivity contribution is 0.0217. The topological polar surface area (TPSA) is 86.2 Å². The minimum atomic E-state index is 0.0550. The zero-order valence-corrected chi connectivity index (χ0v) is 19.4. The highest BCUT2D eigenvalue weighted by atomic mass is 79.9. The molecule has 3 heterocycles. The summed E-state index contributed by atoms with van der Waals surface area (Å²) in [6.07, 6.45) is 8.07. The van der Waals surface area contributed by atoms with Crippen molar-refractivity contribution in [3.63, 3.8) is 0 Å². The summed E-state index contributed by atoms with van der Waals surface area (Å²) in [5, 5.41) is 18.4. The molecule has 1 aliphatic carbocycles. The van der Waals surface area contributed by atoms with Crippen LogP contribution < -0.4 is 5.32 Å². The van der Waals surface area contributed by atoms with E-state index in [0.29, 0.717) is 28.7 Å². The number of hydrogen-bond acceptors (Lipinski definition) is 4. The minimum Gasteiger partial charge on any atom is -0.394 e. The van der Waals surface area contributed by atoms with Crippen molar-refractivity contribution >= 4 is 50.0 Å². The molecule has 31 heavy (non-hydrogen) atoms. The van der Waals surface area contributed by atoms with Gasteiger partial charge in [0.05, 0.1) is 30.6 Å². The Hall–Kier alpha value is -2.03. The number of carbonyl (C=O) groups is 1. The molecule has 9 heteroatoms. The first kappa shape index (κ1) is 20.8. The molecule has 0 unspecified atom stereocenters. The van der Waals surface area contributed by atoms with Crippen LogP contribution in [0.2, 0.25) is 5.02 Å². The summed E-state index contributed by atoms with van der Waals surface area (Å²) in [4.78, 5) is 18.3. The summed E-state index contributed by atoms with van der Waals surface area (Å²) < 4.78 is 2.61. The van der Waals surface area contributed by atoms with Gasteiger partial charge in [0.2, 0.25) is 0 Å². The van der Waals surface area contributed by atoms with Crippen molar-refractivity contribution in [1.29, 1.82) is 0 Å². The molecular formula is C22H25BrClN5O2. The van der Waals surface area contributed by atoms with Crippen molar-refractivity contribution in [3.8, 4) is 0 Å². The molecule has 164 valence electrons. The molecule has 7 nitrogen and oxygen atoms in total. The maximum atomic E-state index is 13.1. The normalized spacial score (nSPS) is 18.5. The Morgan fingerprint density at radius 2 is 2.10 bits per heavy atom. The molecule has 2 aromatic heterocycles. The lowest BCUT2D eigenvalue weighted by atomic mass is 9.60. The van der Waals surface area contributed by atoms with E-state index < -0.39 is 0 Å². The average molecular weight is 507 g/mol. The molecule has 0 atom stereocenters. The fraction of sp³-hybridized carbons (Fsp3) is 0.455. The summed E-state index contributed by atoms with van der Waals surface area (Å²) in [5.74, 6) is 0.0550. The van der Waals surface area contributed by atoms with E-state index in [4.69, 9.17) is 16.7 Å². The number of hydrogen-bond donors (Lipinski definition) is 3. The Morgan fingerprint density at radius 3 is 2.84 bits per heavy atom. The molecule has 0 radical (unpaired) electrons. The number of benzene rings is 1. The number of nitrogens with zero attached hydrogens (tertiary/aromatic N) is 3. The SMILES string of the molecule is O=C(c1cc2cc(Cl)cc(Br)c2[nH]1)N1CCC2(CC1)CC(Nc1cnn(CCO)c1)C2. The molecule has 3 aromatic rings. The van der Waals surface area contributed by atoms with Crippen LogP contribution in [-0.4, -0.2) is 56.4 Å². The number of aromatic amines is 1. The number of fused-ring (bicyclic) bond motifs is 1. The average Bonchev–Trinajstić information content (AvgIpc) is 3.34. The van der Waals surface area contributed by atoms with E-state index in [-0.39, 0.29) is 12.5 Å². The molecule has 1 aromatic carbocycles. The smallest absolute Gasteiger partial charge is 0.270 e. The lowest BCUT2D eigenvalue weighted by Gasteiger charge is -2.52. The highest BCUT2D eigenvalue weighted by Gasteiger charge is 2.46. The van der Waals surface area contributed by atoms with E-state index in [0.717, 1.165) is 59.8 Å². The van der Waals surface area contributed by atoms with E-state index in [1.807, 2.05) is 35.5 Å². The number of rotatable bonds is 5. The quantitative estimate of drug-likeness (QED) is 0.482. The van der Waals surface area contributed by atoms with Crippen LogP contribution in [0.1, 0.15) is 36.2 Å². The number of H-pyrrole nitrogens is 1.